The zero-order chi connectivity index (χ0) is 89.7. The van der Waals surface area contributed by atoms with Crippen molar-refractivity contribution in [2.75, 3.05) is 48.5 Å². The van der Waals surface area contributed by atoms with Gasteiger partial charge >= 0.3 is 17.8 Å². The van der Waals surface area contributed by atoms with Crippen molar-refractivity contribution in [3.8, 4) is 58.0 Å². The predicted octanol–water partition coefficient (Wildman–Crippen LogP) is 11.1. The molecule has 41 heteroatoms. The lowest BCUT2D eigenvalue weighted by Crippen LogP contribution is -2.45. The second-order valence-electron chi connectivity index (χ2n) is 25.7. The Balaban J connectivity index is 0.000000697. The first-order chi connectivity index (χ1) is 54.4. The molecule has 1 aliphatic heterocycles. The number of urea groups is 2. The summed E-state index contributed by atoms with van der Waals surface area (Å²) in [5.74, 6) is -2.14. The molecule has 0 saturated heterocycles. The van der Waals surface area contributed by atoms with E-state index in [1.54, 1.807) is 32.0 Å². The van der Waals surface area contributed by atoms with Crippen LogP contribution in [0.5, 0.6) is 0 Å². The molecule has 117 heavy (non-hydrogen) atoms. The van der Waals surface area contributed by atoms with Crippen molar-refractivity contribution in [3.63, 3.8) is 0 Å². The number of ketones is 1. The Labute approximate surface area is 673 Å². The summed E-state index contributed by atoms with van der Waals surface area (Å²) in [6.45, 7) is 18.5. The monoisotopic (exact) mass is 1680 g/mol. The number of rotatable bonds is 17. The summed E-state index contributed by atoms with van der Waals surface area (Å²) in [4.78, 5) is 96.1. The molecule has 0 spiro atoms. The van der Waals surface area contributed by atoms with Gasteiger partial charge in [-0.25, -0.2) is 94.9 Å². The molecule has 33 nitrogen and oxygen atoms in total. The number of aromatic nitrogens is 6. The summed E-state index contributed by atoms with van der Waals surface area (Å²) in [6.07, 6.45) is 4.56. The van der Waals surface area contributed by atoms with Gasteiger partial charge in [-0.3, -0.25) is 14.4 Å². The summed E-state index contributed by atoms with van der Waals surface area (Å²) < 4.78 is 135. The molecule has 0 aliphatic carbocycles. The molecular weight excluding hydrogens is 1600 g/mol. The van der Waals surface area contributed by atoms with Crippen molar-refractivity contribution >= 4 is 72.4 Å². The molecule has 0 bridgehead atoms. The number of aldehydes is 2. The van der Waals surface area contributed by atoms with Gasteiger partial charge in [0.25, 0.3) is 5.09 Å². The summed E-state index contributed by atoms with van der Waals surface area (Å²) in [5.41, 5.74) is 14.9. The van der Waals surface area contributed by atoms with Crippen LogP contribution in [0.4, 0.5) is 43.4 Å². The number of allylic oxidation sites excluding steroid dienone is 1. The smallest absolute Gasteiger partial charge is 0.345 e. The molecule has 3 aromatic heterocycles. The number of hydrogen-bond acceptors (Lipinski definition) is 23. The van der Waals surface area contributed by atoms with Gasteiger partial charge in [-0.1, -0.05) is 81.4 Å². The zero-order valence-electron chi connectivity index (χ0n) is 66.2. The standard InChI is InChI=1S/C16H17FN4O2S.C16H18FN3O3S.C14H14FN3O.C14H12FN3O.C7H5FO.C6H9NO.C2H7NO2S.CH4N2O.HNO3/c1-10(2)14-13(9-18)15(11-5-7-12(17)8-6-11)20-16(19-14)21(3)24(4,22)23;1-10(2)14-13(9-21)15(11-5-7-12(17)8-6-11)19-16(18-14)20(3)24(4,22)23;2*1-8(2)12-11(7-16)13(18-14(19)17-12)9-3-5-10(15)6-4-9;8-7-3-1-6(5-9)2-4-7;1-5(2)6(8)3-4-7;1-3-6(2,4)5;2*2-1(3)4/h5-8,10H,1-4H3;5-10H,1-4H3;3-6,8,13H,1-2H3,(H2,17,18,19);3-6,8H,1-2H3,(H,17,18,19);1-5H;5H,3H2,1-2H3;3H,1-2H3;(H4,2,3,4);(H,2,3,4). The van der Waals surface area contributed by atoms with Crippen LogP contribution < -0.4 is 41.1 Å². The van der Waals surface area contributed by atoms with Gasteiger partial charge in [0.1, 0.15) is 58.9 Å². The van der Waals surface area contributed by atoms with Crippen LogP contribution >= 0.6 is 0 Å². The Bertz CT molecular complexity index is 5370. The number of primary amides is 2. The molecule has 624 valence electrons. The average molecular weight is 1680 g/mol. The number of nitrogens with two attached hydrogens (primary N) is 2. The minimum Gasteiger partial charge on any atom is -0.352 e. The fourth-order valence-corrected chi connectivity index (χ4v) is 9.75. The van der Waals surface area contributed by atoms with Crippen LogP contribution in [0.2, 0.25) is 0 Å². The predicted molar refractivity (Wildman–Crippen MR) is 425 cm³/mol. The van der Waals surface area contributed by atoms with Crippen LogP contribution in [0, 0.1) is 96.4 Å². The molecule has 5 aromatic carbocycles. The van der Waals surface area contributed by atoms with Crippen LogP contribution in [0.1, 0.15) is 154 Å². The van der Waals surface area contributed by atoms with Gasteiger partial charge in [0.05, 0.1) is 88.5 Å². The lowest BCUT2D eigenvalue weighted by atomic mass is 9.92. The number of sulfonamides is 3. The average Bonchev–Trinajstić information content (AvgIpc) is 0.795. The molecule has 9 rings (SSSR count). The van der Waals surface area contributed by atoms with Gasteiger partial charge in [-0.05, 0) is 145 Å². The Hall–Kier alpha value is -13.4. The van der Waals surface area contributed by atoms with Crippen LogP contribution in [-0.4, -0.2) is 136 Å². The van der Waals surface area contributed by atoms with E-state index in [-0.39, 0.29) is 105 Å². The maximum absolute atomic E-state index is 13.2. The lowest BCUT2D eigenvalue weighted by Gasteiger charge is -2.28. The number of halogens is 5. The highest BCUT2D eigenvalue weighted by molar-refractivity contribution is 7.92. The van der Waals surface area contributed by atoms with Crippen molar-refractivity contribution in [2.24, 2.45) is 23.3 Å². The van der Waals surface area contributed by atoms with Crippen LogP contribution in [-0.2, 0) is 34.9 Å². The van der Waals surface area contributed by atoms with E-state index >= 15 is 0 Å². The first-order valence-corrected chi connectivity index (χ1v) is 39.7. The third-order valence-electron chi connectivity index (χ3n) is 15.1. The minimum absolute atomic E-state index is 0.00894. The third kappa shape index (κ3) is 34.9. The molecule has 1 atom stereocenters. The normalized spacial score (nSPS) is 11.8. The van der Waals surface area contributed by atoms with Crippen molar-refractivity contribution in [3.05, 3.63) is 227 Å². The molecule has 0 saturated carbocycles. The first-order valence-electron chi connectivity index (χ1n) is 34.1. The summed E-state index contributed by atoms with van der Waals surface area (Å²) in [6, 6.07) is 34.0. The fraction of sp³-hybridized carbons (Fsp3) is 0.303. The number of nitrogens with one attached hydrogen (secondary N) is 4. The summed E-state index contributed by atoms with van der Waals surface area (Å²) >= 11 is 0. The zero-order valence-corrected chi connectivity index (χ0v) is 68.6. The van der Waals surface area contributed by atoms with Crippen molar-refractivity contribution in [1.82, 2.24) is 45.3 Å². The van der Waals surface area contributed by atoms with Crippen molar-refractivity contribution in [2.45, 2.75) is 99.5 Å². The second kappa shape index (κ2) is 48.0. The molecule has 8 aromatic rings. The summed E-state index contributed by atoms with van der Waals surface area (Å²) in [7, 11) is -5.98. The molecule has 4 amide bonds. The number of amides is 4. The van der Waals surface area contributed by atoms with E-state index in [4.69, 9.17) is 25.4 Å². The highest BCUT2D eigenvalue weighted by Gasteiger charge is 2.30. The molecule has 9 N–H and O–H groups in total. The van der Waals surface area contributed by atoms with Gasteiger partial charge < -0.3 is 32.3 Å². The number of nitriles is 4. The van der Waals surface area contributed by atoms with Crippen LogP contribution in [0.25, 0.3) is 33.8 Å². The number of anilines is 2. The molecular formula is C76H87F5N18O15S3. The van der Waals surface area contributed by atoms with E-state index in [9.17, 15) is 87.0 Å². The van der Waals surface area contributed by atoms with Gasteiger partial charge in [0.15, 0.2) is 6.29 Å². The van der Waals surface area contributed by atoms with Crippen molar-refractivity contribution in [1.29, 1.82) is 21.0 Å². The number of carbonyl (C=O) groups excluding carboxylic acids is 5. The van der Waals surface area contributed by atoms with Crippen molar-refractivity contribution < 1.29 is 81.5 Å². The van der Waals surface area contributed by atoms with Gasteiger partial charge in [0.2, 0.25) is 42.0 Å². The number of H-pyrrole nitrogens is 1. The Kier molecular flexibility index (Phi) is 41.7. The molecule has 0 radical (unpaired) electrons. The SMILES string of the molecule is CC(C)C(=O)CC#N.CC(C)C1=C(C#N)C(c2ccc(F)cc2)NC(=O)N1.CC(C)c1[nH]c(=O)nc(-c2ccc(F)cc2)c1C#N.CC(C)c1nc(N(C)S(C)(=O)=O)nc(-c2ccc(F)cc2)c1C#N.CC(C)c1nc(N(C)S(C)(=O)=O)nc(-c2ccc(F)cc2)c1C=O.CNS(C)(=O)=O.NC(N)=O.O=Cc1ccc(F)cc1.O=[N+]([O-])O. The largest absolute Gasteiger partial charge is 0.352 e. The maximum Gasteiger partial charge on any atom is 0.345 e. The van der Waals surface area contributed by atoms with Gasteiger partial charge in [-0.2, -0.15) is 26.0 Å². The fourth-order valence-electron chi connectivity index (χ4n) is 8.99. The molecule has 1 aliphatic rings. The molecule has 4 heterocycles. The van der Waals surface area contributed by atoms with Gasteiger partial charge in [-0.15, -0.1) is 10.1 Å². The maximum atomic E-state index is 13.2. The lowest BCUT2D eigenvalue weighted by molar-refractivity contribution is -0.742. The molecule has 1 unspecified atom stereocenters. The van der Waals surface area contributed by atoms with E-state index < -0.39 is 64.6 Å². The Morgan fingerprint density at radius 2 is 0.940 bits per heavy atom. The Morgan fingerprint density at radius 3 is 1.25 bits per heavy atom. The highest BCUT2D eigenvalue weighted by Crippen LogP contribution is 2.33. The highest BCUT2D eigenvalue weighted by atomic mass is 32.2. The van der Waals surface area contributed by atoms with E-state index in [0.29, 0.717) is 74.3 Å². The third-order valence-corrected chi connectivity index (χ3v) is 18.1. The number of carbonyl (C=O) groups is 5. The summed E-state index contributed by atoms with van der Waals surface area (Å²) in [5, 5.41) is 55.1. The van der Waals surface area contributed by atoms with Gasteiger partial charge in [0, 0.05) is 53.7 Å². The number of Topliss-reactive ketones (excluding diaryl/α,β-unsaturated/α-hetero) is 1. The Morgan fingerprint density at radius 1 is 0.581 bits per heavy atom. The number of nitrogens with zero attached hydrogens (tertiary/aromatic N) is 12. The van der Waals surface area contributed by atoms with E-state index in [1.807, 2.05) is 55.4 Å². The van der Waals surface area contributed by atoms with Crippen LogP contribution in [0.15, 0.2) is 137 Å². The van der Waals surface area contributed by atoms with E-state index in [1.165, 1.54) is 130 Å². The van der Waals surface area contributed by atoms with Crippen LogP contribution in [0.3, 0.4) is 0 Å². The molecule has 0 fully saturated rings. The quantitative estimate of drug-likeness (QED) is 0.0193. The topological polar surface area (TPSA) is 538 Å². The second-order valence-corrected chi connectivity index (χ2v) is 31.7. The number of hydrogen-bond donors (Lipinski definition) is 7. The van der Waals surface area contributed by atoms with E-state index in [0.717, 1.165) is 27.4 Å². The minimum atomic E-state index is -3.56. The number of aromatic amines is 1. The van der Waals surface area contributed by atoms with E-state index in [2.05, 4.69) is 74.9 Å². The number of benzene rings is 5. The first kappa shape index (κ1) is 102.